The van der Waals surface area contributed by atoms with Gasteiger partial charge in [-0.05, 0) is 23.8 Å². The monoisotopic (exact) mass is 296 g/mol. The summed E-state index contributed by atoms with van der Waals surface area (Å²) in [5.74, 6) is 0. The van der Waals surface area contributed by atoms with Gasteiger partial charge in [0.1, 0.15) is 0 Å². The van der Waals surface area contributed by atoms with Gasteiger partial charge in [0.25, 0.3) is 0 Å². The van der Waals surface area contributed by atoms with Crippen LogP contribution in [0.5, 0.6) is 0 Å². The highest BCUT2D eigenvalue weighted by Crippen LogP contribution is 2.22. The van der Waals surface area contributed by atoms with Crippen molar-refractivity contribution >= 4 is 16.9 Å². The van der Waals surface area contributed by atoms with Crippen molar-refractivity contribution in [3.05, 3.63) is 66.1 Å². The van der Waals surface area contributed by atoms with Crippen molar-refractivity contribution in [3.8, 4) is 0 Å². The topological polar surface area (TPSA) is 70.4 Å². The van der Waals surface area contributed by atoms with Gasteiger partial charge >= 0.3 is 6.03 Å². The Labute approximate surface area is 127 Å². The lowest BCUT2D eigenvalue weighted by atomic mass is 10.1. The molecule has 6 nitrogen and oxygen atoms in total. The van der Waals surface area contributed by atoms with E-state index in [1.807, 2.05) is 42.5 Å². The van der Waals surface area contributed by atoms with E-state index in [-0.39, 0.29) is 0 Å². The number of hydroxylamine groups is 1. The standard InChI is InChI=1S/C16H16N4O2/c1-19(16(21)18-22)20-14(9-12-5-4-8-17-11-12)10-13-6-2-3-7-15(13)20/h2-8,10-11,22H,9H2,1H3,(H,18,21). The lowest BCUT2D eigenvalue weighted by molar-refractivity contribution is 0.164. The summed E-state index contributed by atoms with van der Waals surface area (Å²) < 4.78 is 1.79. The number of pyridine rings is 1. The van der Waals surface area contributed by atoms with Crippen molar-refractivity contribution in [2.24, 2.45) is 0 Å². The second-order valence-corrected chi connectivity index (χ2v) is 4.98. The molecule has 0 bridgehead atoms. The maximum absolute atomic E-state index is 11.8. The first kappa shape index (κ1) is 14.1. The highest BCUT2D eigenvalue weighted by atomic mass is 16.5. The van der Waals surface area contributed by atoms with Gasteiger partial charge in [-0.1, -0.05) is 24.3 Å². The third-order valence-corrected chi connectivity index (χ3v) is 3.56. The second kappa shape index (κ2) is 5.87. The Balaban J connectivity index is 2.10. The maximum Gasteiger partial charge on any atom is 0.359 e. The largest absolute Gasteiger partial charge is 0.359 e. The molecule has 2 heterocycles. The van der Waals surface area contributed by atoms with Crippen molar-refractivity contribution in [2.45, 2.75) is 6.42 Å². The molecule has 1 aromatic carbocycles. The molecule has 22 heavy (non-hydrogen) atoms. The first-order chi connectivity index (χ1) is 10.7. The zero-order valence-corrected chi connectivity index (χ0v) is 12.1. The van der Waals surface area contributed by atoms with Gasteiger partial charge in [-0.15, -0.1) is 0 Å². The van der Waals surface area contributed by atoms with Crippen LogP contribution in [0.3, 0.4) is 0 Å². The molecule has 0 saturated heterocycles. The van der Waals surface area contributed by atoms with Crippen LogP contribution in [0.15, 0.2) is 54.9 Å². The van der Waals surface area contributed by atoms with Crippen molar-refractivity contribution in [1.29, 1.82) is 0 Å². The van der Waals surface area contributed by atoms with Crippen LogP contribution in [0.25, 0.3) is 10.9 Å². The molecule has 6 heteroatoms. The van der Waals surface area contributed by atoms with Crippen molar-refractivity contribution in [1.82, 2.24) is 15.1 Å². The average Bonchev–Trinajstić information content (AvgIpc) is 2.92. The van der Waals surface area contributed by atoms with E-state index in [0.29, 0.717) is 6.42 Å². The number of nitrogens with zero attached hydrogens (tertiary/aromatic N) is 3. The van der Waals surface area contributed by atoms with Gasteiger partial charge in [0.15, 0.2) is 0 Å². The fourth-order valence-electron chi connectivity index (χ4n) is 2.55. The molecule has 0 aliphatic rings. The molecule has 0 saturated carbocycles. The van der Waals surface area contributed by atoms with Gasteiger partial charge in [-0.2, -0.15) is 0 Å². The second-order valence-electron chi connectivity index (χ2n) is 4.98. The molecule has 2 N–H and O–H groups in total. The first-order valence-electron chi connectivity index (χ1n) is 6.87. The summed E-state index contributed by atoms with van der Waals surface area (Å²) in [7, 11) is 1.60. The number of benzene rings is 1. The predicted molar refractivity (Wildman–Crippen MR) is 83.4 cm³/mol. The Hall–Kier alpha value is -2.86. The van der Waals surface area contributed by atoms with Crippen molar-refractivity contribution in [3.63, 3.8) is 0 Å². The predicted octanol–water partition coefficient (Wildman–Crippen LogP) is 2.29. The fraction of sp³-hybridized carbons (Fsp3) is 0.125. The van der Waals surface area contributed by atoms with Crippen LogP contribution in [-0.2, 0) is 6.42 Å². The molecule has 0 aliphatic carbocycles. The van der Waals surface area contributed by atoms with Gasteiger partial charge in [0, 0.05) is 36.9 Å². The zero-order valence-electron chi connectivity index (χ0n) is 12.1. The summed E-state index contributed by atoms with van der Waals surface area (Å²) in [4.78, 5) is 15.9. The summed E-state index contributed by atoms with van der Waals surface area (Å²) in [6, 6.07) is 13.1. The van der Waals surface area contributed by atoms with E-state index in [1.54, 1.807) is 29.6 Å². The quantitative estimate of drug-likeness (QED) is 0.575. The van der Waals surface area contributed by atoms with E-state index in [4.69, 9.17) is 5.21 Å². The van der Waals surface area contributed by atoms with Crippen molar-refractivity contribution in [2.75, 3.05) is 12.1 Å². The Morgan fingerprint density at radius 2 is 2.14 bits per heavy atom. The smallest absolute Gasteiger partial charge is 0.287 e. The number of urea groups is 1. The minimum Gasteiger partial charge on any atom is -0.287 e. The molecule has 2 amide bonds. The number of amides is 2. The SMILES string of the molecule is CN(C(=O)NO)n1c(Cc2cccnc2)cc2ccccc21. The Bertz CT molecular complexity index is 798. The van der Waals surface area contributed by atoms with Crippen molar-refractivity contribution < 1.29 is 10.0 Å². The minimum absolute atomic E-state index is 0.603. The Kier molecular flexibility index (Phi) is 3.76. The molecule has 0 aliphatic heterocycles. The van der Waals surface area contributed by atoms with Gasteiger partial charge in [0.2, 0.25) is 0 Å². The molecule has 2 aromatic heterocycles. The summed E-state index contributed by atoms with van der Waals surface area (Å²) >= 11 is 0. The molecule has 3 aromatic rings. The number of nitrogens with one attached hydrogen (secondary N) is 1. The number of fused-ring (bicyclic) bond motifs is 1. The number of carbonyl (C=O) groups excluding carboxylic acids is 1. The van der Waals surface area contributed by atoms with Crippen LogP contribution in [0.4, 0.5) is 4.79 Å². The van der Waals surface area contributed by atoms with E-state index in [9.17, 15) is 4.79 Å². The molecule has 112 valence electrons. The molecular formula is C16H16N4O2. The average molecular weight is 296 g/mol. The molecule has 0 atom stereocenters. The summed E-state index contributed by atoms with van der Waals surface area (Å²) in [6.07, 6.45) is 4.16. The number of rotatable bonds is 3. The molecule has 0 unspecified atom stereocenters. The molecule has 0 radical (unpaired) electrons. The third kappa shape index (κ3) is 2.51. The van der Waals surface area contributed by atoms with E-state index in [0.717, 1.165) is 22.2 Å². The molecule has 3 rings (SSSR count). The summed E-state index contributed by atoms with van der Waals surface area (Å²) in [5, 5.41) is 11.3. The molecule has 0 spiro atoms. The number of aromatic nitrogens is 2. The molecule has 0 fully saturated rings. The van der Waals surface area contributed by atoms with Crippen LogP contribution < -0.4 is 10.5 Å². The van der Waals surface area contributed by atoms with Gasteiger partial charge in [0.05, 0.1) is 5.52 Å². The minimum atomic E-state index is -0.603. The number of hydrogen-bond acceptors (Lipinski definition) is 3. The van der Waals surface area contributed by atoms with Crippen LogP contribution in [0.1, 0.15) is 11.3 Å². The van der Waals surface area contributed by atoms with E-state index in [2.05, 4.69) is 4.98 Å². The Morgan fingerprint density at radius 1 is 1.32 bits per heavy atom. The van der Waals surface area contributed by atoms with Gasteiger partial charge in [-0.3, -0.25) is 14.9 Å². The van der Waals surface area contributed by atoms with Crippen LogP contribution >= 0.6 is 0 Å². The lowest BCUT2D eigenvalue weighted by Crippen LogP contribution is -2.43. The zero-order chi connectivity index (χ0) is 15.5. The van der Waals surface area contributed by atoms with Gasteiger partial charge < -0.3 is 0 Å². The normalized spacial score (nSPS) is 10.6. The van der Waals surface area contributed by atoms with Crippen LogP contribution in [0, 0.1) is 0 Å². The van der Waals surface area contributed by atoms with Crippen LogP contribution in [-0.4, -0.2) is 27.9 Å². The number of para-hydroxylation sites is 1. The summed E-state index contributed by atoms with van der Waals surface area (Å²) in [6.45, 7) is 0. The third-order valence-electron chi connectivity index (χ3n) is 3.56. The molecular weight excluding hydrogens is 280 g/mol. The lowest BCUT2D eigenvalue weighted by Gasteiger charge is -2.21. The van der Waals surface area contributed by atoms with Crippen LogP contribution in [0.2, 0.25) is 0 Å². The van der Waals surface area contributed by atoms with E-state index >= 15 is 0 Å². The summed E-state index contributed by atoms with van der Waals surface area (Å²) in [5.41, 5.74) is 4.53. The highest BCUT2D eigenvalue weighted by molar-refractivity contribution is 5.88. The number of carbonyl (C=O) groups is 1. The Morgan fingerprint density at radius 3 is 2.86 bits per heavy atom. The van der Waals surface area contributed by atoms with E-state index in [1.165, 1.54) is 5.01 Å². The first-order valence-corrected chi connectivity index (χ1v) is 6.87. The van der Waals surface area contributed by atoms with E-state index < -0.39 is 6.03 Å². The van der Waals surface area contributed by atoms with Gasteiger partial charge in [-0.25, -0.2) is 15.3 Å². The number of hydrogen-bond donors (Lipinski definition) is 2. The maximum atomic E-state index is 11.8. The fourth-order valence-corrected chi connectivity index (χ4v) is 2.55. The highest BCUT2D eigenvalue weighted by Gasteiger charge is 2.16.